The van der Waals surface area contributed by atoms with Gasteiger partial charge in [-0.1, -0.05) is 17.8 Å². The first-order valence-corrected chi connectivity index (χ1v) is 7.72. The molecule has 0 aliphatic rings. The predicted octanol–water partition coefficient (Wildman–Crippen LogP) is 2.29. The molecule has 21 heavy (non-hydrogen) atoms. The van der Waals surface area contributed by atoms with Crippen molar-refractivity contribution in [3.05, 3.63) is 41.2 Å². The van der Waals surface area contributed by atoms with Gasteiger partial charge in [-0.15, -0.1) is 21.5 Å². The smallest absolute Gasteiger partial charge is 0.300 e. The van der Waals surface area contributed by atoms with Crippen LogP contribution in [0.15, 0.2) is 43.7 Å². The van der Waals surface area contributed by atoms with Crippen LogP contribution in [0.4, 0.5) is 0 Å². The summed E-state index contributed by atoms with van der Waals surface area (Å²) in [4.78, 5) is 12.2. The first-order chi connectivity index (χ1) is 10.3. The molecule has 0 aliphatic heterocycles. The monoisotopic (exact) mass is 322 g/mol. The van der Waals surface area contributed by atoms with Crippen LogP contribution in [0.5, 0.6) is 0 Å². The van der Waals surface area contributed by atoms with Crippen molar-refractivity contribution in [3.63, 3.8) is 0 Å². The molecular weight excluding hydrogens is 312 g/mol. The van der Waals surface area contributed by atoms with Gasteiger partial charge >= 0.3 is 5.91 Å². The van der Waals surface area contributed by atoms with Crippen molar-refractivity contribution in [3.8, 4) is 10.8 Å². The number of carbonyl (C=O) groups is 1. The van der Waals surface area contributed by atoms with Crippen molar-refractivity contribution in [2.45, 2.75) is 11.0 Å². The second-order valence-corrected chi connectivity index (χ2v) is 5.75. The van der Waals surface area contributed by atoms with Gasteiger partial charge < -0.3 is 8.83 Å². The minimum Gasteiger partial charge on any atom is -0.455 e. The fraction of sp³-hybridized carbons (Fsp3) is 0.0833. The Hall–Kier alpha value is -2.10. The maximum absolute atomic E-state index is 11.3. The number of nitrogens with zero attached hydrogens (tertiary/aromatic N) is 2. The molecule has 3 aromatic rings. The predicted molar refractivity (Wildman–Crippen MR) is 77.5 cm³/mol. The van der Waals surface area contributed by atoms with Crippen LogP contribution in [0, 0.1) is 0 Å². The molecule has 3 heterocycles. The lowest BCUT2D eigenvalue weighted by molar-refractivity contribution is 0.0924. The summed E-state index contributed by atoms with van der Waals surface area (Å²) in [6.45, 7) is 0. The van der Waals surface area contributed by atoms with Crippen LogP contribution in [0.1, 0.15) is 16.3 Å². The Morgan fingerprint density at radius 2 is 2.24 bits per heavy atom. The molecule has 3 aromatic heterocycles. The molecule has 0 radical (unpaired) electrons. The number of thioether (sulfide) groups is 1. The summed E-state index contributed by atoms with van der Waals surface area (Å²) in [5, 5.41) is 10.3. The van der Waals surface area contributed by atoms with Gasteiger partial charge in [-0.05, 0) is 23.6 Å². The Balaban J connectivity index is 1.63. The van der Waals surface area contributed by atoms with Gasteiger partial charge in [0.2, 0.25) is 0 Å². The van der Waals surface area contributed by atoms with Gasteiger partial charge in [0.25, 0.3) is 11.1 Å². The second kappa shape index (κ2) is 6.12. The third-order valence-corrected chi connectivity index (χ3v) is 4.19. The normalized spacial score (nSPS) is 10.7. The highest BCUT2D eigenvalue weighted by molar-refractivity contribution is 7.98. The number of amides is 1. The van der Waals surface area contributed by atoms with E-state index in [1.54, 1.807) is 12.1 Å². The Bertz CT molecular complexity index is 735. The number of furan rings is 1. The number of rotatable bonds is 5. The molecule has 0 aliphatic carbocycles. The van der Waals surface area contributed by atoms with Gasteiger partial charge in [-0.2, -0.15) is 0 Å². The Labute approximate surface area is 127 Å². The topological polar surface area (TPSA) is 107 Å². The highest BCUT2D eigenvalue weighted by Crippen LogP contribution is 2.28. The third-order valence-electron chi connectivity index (χ3n) is 2.49. The van der Waals surface area contributed by atoms with Gasteiger partial charge in [0.15, 0.2) is 5.76 Å². The molecule has 9 heteroatoms. The molecule has 0 saturated carbocycles. The number of carbonyl (C=O) groups excluding carboxylic acids is 1. The zero-order valence-corrected chi connectivity index (χ0v) is 12.2. The molecule has 0 bridgehead atoms. The van der Waals surface area contributed by atoms with Crippen LogP contribution in [0.2, 0.25) is 0 Å². The first-order valence-electron chi connectivity index (χ1n) is 5.86. The summed E-state index contributed by atoms with van der Waals surface area (Å²) < 4.78 is 10.9. The van der Waals surface area contributed by atoms with Crippen molar-refractivity contribution in [2.75, 3.05) is 0 Å². The van der Waals surface area contributed by atoms with Crippen LogP contribution in [0.3, 0.4) is 0 Å². The molecule has 3 N–H and O–H groups in total. The second-order valence-electron chi connectivity index (χ2n) is 3.88. The average molecular weight is 322 g/mol. The highest BCUT2D eigenvalue weighted by atomic mass is 32.2. The summed E-state index contributed by atoms with van der Waals surface area (Å²) in [7, 11) is 0. The fourth-order valence-corrected chi connectivity index (χ4v) is 2.85. The van der Waals surface area contributed by atoms with Crippen molar-refractivity contribution in [1.82, 2.24) is 15.6 Å². The summed E-state index contributed by atoms with van der Waals surface area (Å²) >= 11 is 2.86. The summed E-state index contributed by atoms with van der Waals surface area (Å²) in [6, 6.07) is 7.10. The molecule has 0 atom stereocenters. The van der Waals surface area contributed by atoms with Crippen LogP contribution in [-0.4, -0.2) is 16.1 Å². The van der Waals surface area contributed by atoms with E-state index in [2.05, 4.69) is 10.2 Å². The molecule has 3 rings (SSSR count). The van der Waals surface area contributed by atoms with Crippen LogP contribution in [-0.2, 0) is 5.75 Å². The molecule has 0 spiro atoms. The van der Waals surface area contributed by atoms with Crippen LogP contribution >= 0.6 is 23.1 Å². The zero-order valence-electron chi connectivity index (χ0n) is 10.6. The lowest BCUT2D eigenvalue weighted by Gasteiger charge is -1.94. The van der Waals surface area contributed by atoms with E-state index in [-0.39, 0.29) is 5.76 Å². The van der Waals surface area contributed by atoms with Gasteiger partial charge in [0.05, 0.1) is 10.6 Å². The number of thiophene rings is 1. The van der Waals surface area contributed by atoms with E-state index >= 15 is 0 Å². The third kappa shape index (κ3) is 3.15. The first kappa shape index (κ1) is 13.9. The molecule has 0 aromatic carbocycles. The van der Waals surface area contributed by atoms with Gasteiger partial charge in [0.1, 0.15) is 5.76 Å². The van der Waals surface area contributed by atoms with E-state index in [1.165, 1.54) is 23.1 Å². The number of aromatic nitrogens is 2. The molecule has 108 valence electrons. The fourth-order valence-electron chi connectivity index (χ4n) is 1.55. The lowest BCUT2D eigenvalue weighted by Crippen LogP contribution is -2.29. The maximum Gasteiger partial charge on any atom is 0.300 e. The number of hydrazine groups is 1. The van der Waals surface area contributed by atoms with E-state index in [4.69, 9.17) is 14.7 Å². The molecule has 0 saturated heterocycles. The molecule has 1 amide bonds. The summed E-state index contributed by atoms with van der Waals surface area (Å²) in [5.74, 6) is 6.32. The Kier molecular flexibility index (Phi) is 4.04. The average Bonchev–Trinajstić information content (AvgIpc) is 3.23. The number of nitrogen functional groups attached to an aromatic ring is 1. The van der Waals surface area contributed by atoms with Crippen molar-refractivity contribution < 1.29 is 13.6 Å². The largest absolute Gasteiger partial charge is 0.455 e. The van der Waals surface area contributed by atoms with Crippen molar-refractivity contribution in [2.24, 2.45) is 5.84 Å². The lowest BCUT2D eigenvalue weighted by atomic mass is 10.4. The number of hydrogen-bond acceptors (Lipinski definition) is 8. The maximum atomic E-state index is 11.3. The van der Waals surface area contributed by atoms with E-state index < -0.39 is 5.91 Å². The Morgan fingerprint density at radius 3 is 3.00 bits per heavy atom. The van der Waals surface area contributed by atoms with Gasteiger partial charge in [0, 0.05) is 0 Å². The van der Waals surface area contributed by atoms with E-state index in [9.17, 15) is 4.79 Å². The number of nitrogens with one attached hydrogen (secondary N) is 1. The van der Waals surface area contributed by atoms with Crippen LogP contribution < -0.4 is 11.3 Å². The van der Waals surface area contributed by atoms with Crippen molar-refractivity contribution >= 4 is 29.0 Å². The molecule has 0 fully saturated rings. The van der Waals surface area contributed by atoms with Crippen molar-refractivity contribution in [1.29, 1.82) is 0 Å². The zero-order chi connectivity index (χ0) is 14.7. The SMILES string of the molecule is NNC(=O)c1ccc(CSc2nnc(-c3cccs3)o2)o1. The molecule has 7 nitrogen and oxygen atoms in total. The molecular formula is C12H10N4O3S2. The number of nitrogens with two attached hydrogens (primary N) is 1. The van der Waals surface area contributed by atoms with Crippen LogP contribution in [0.25, 0.3) is 10.8 Å². The number of hydrogen-bond donors (Lipinski definition) is 2. The molecule has 0 unspecified atom stereocenters. The Morgan fingerprint density at radius 1 is 1.33 bits per heavy atom. The minimum atomic E-state index is -0.468. The van der Waals surface area contributed by atoms with E-state index in [0.717, 1.165) is 4.88 Å². The van der Waals surface area contributed by atoms with E-state index in [0.29, 0.717) is 22.6 Å². The highest BCUT2D eigenvalue weighted by Gasteiger charge is 2.13. The van der Waals surface area contributed by atoms with Gasteiger partial charge in [-0.25, -0.2) is 5.84 Å². The summed E-state index contributed by atoms with van der Waals surface area (Å²) in [5.41, 5.74) is 2.01. The van der Waals surface area contributed by atoms with Gasteiger partial charge in [-0.3, -0.25) is 10.2 Å². The summed E-state index contributed by atoms with van der Waals surface area (Å²) in [6.07, 6.45) is 0. The quantitative estimate of drug-likeness (QED) is 0.321. The standard InChI is InChI=1S/C12H10N4O3S2/c13-14-10(17)8-4-3-7(18-8)6-21-12-16-15-11(19-12)9-2-1-5-20-9/h1-5H,6,13H2,(H,14,17). The minimum absolute atomic E-state index is 0.165. The van der Waals surface area contributed by atoms with E-state index in [1.807, 2.05) is 22.9 Å².